The molecule has 35 heavy (non-hydrogen) atoms. The van der Waals surface area contributed by atoms with E-state index in [0.29, 0.717) is 34.2 Å². The van der Waals surface area contributed by atoms with Crippen LogP contribution in [0.15, 0.2) is 52.4 Å². The van der Waals surface area contributed by atoms with Crippen LogP contribution in [0.3, 0.4) is 0 Å². The molecule has 1 aliphatic heterocycles. The molecule has 1 fully saturated rings. The smallest absolute Gasteiger partial charge is 0.240 e. The lowest BCUT2D eigenvalue weighted by atomic mass is 9.97. The van der Waals surface area contributed by atoms with Crippen LogP contribution >= 0.6 is 0 Å². The summed E-state index contributed by atoms with van der Waals surface area (Å²) in [6.45, 7) is 2.42. The first kappa shape index (κ1) is 23.3. The van der Waals surface area contributed by atoms with Gasteiger partial charge in [-0.15, -0.1) is 0 Å². The zero-order valence-electron chi connectivity index (χ0n) is 19.5. The number of anilines is 3. The Balaban J connectivity index is 1.56. The van der Waals surface area contributed by atoms with E-state index in [4.69, 9.17) is 9.15 Å². The number of fused-ring (bicyclic) bond motifs is 1. The largest absolute Gasteiger partial charge is 0.472 e. The fourth-order valence-electron chi connectivity index (χ4n) is 4.44. The van der Waals surface area contributed by atoms with Crippen LogP contribution in [0.25, 0.3) is 22.3 Å². The van der Waals surface area contributed by atoms with Gasteiger partial charge in [-0.2, -0.15) is 5.10 Å². The van der Waals surface area contributed by atoms with Crippen LogP contribution in [-0.4, -0.2) is 62.4 Å². The maximum absolute atomic E-state index is 12.6. The van der Waals surface area contributed by atoms with Gasteiger partial charge in [-0.25, -0.2) is 23.1 Å². The fourth-order valence-corrected chi connectivity index (χ4v) is 5.20. The van der Waals surface area contributed by atoms with Crippen molar-refractivity contribution in [3.63, 3.8) is 0 Å². The van der Waals surface area contributed by atoms with E-state index in [9.17, 15) is 8.42 Å². The average Bonchev–Trinajstić information content (AvgIpc) is 3.55. The van der Waals surface area contributed by atoms with Gasteiger partial charge >= 0.3 is 0 Å². The van der Waals surface area contributed by atoms with Gasteiger partial charge < -0.3 is 19.4 Å². The SMILES string of the molecule is CNS(=O)(=O)c1ccc(N2CCC(COC)CC2)c(Nc2ncnc3[nH]nc(-c4ccoc4)c23)c1. The molecule has 184 valence electrons. The van der Waals surface area contributed by atoms with Crippen molar-refractivity contribution >= 4 is 38.2 Å². The van der Waals surface area contributed by atoms with E-state index in [-0.39, 0.29) is 4.90 Å². The lowest BCUT2D eigenvalue weighted by Gasteiger charge is -2.34. The molecule has 0 unspecified atom stereocenters. The van der Waals surface area contributed by atoms with Crippen molar-refractivity contribution in [1.82, 2.24) is 24.9 Å². The Kier molecular flexibility index (Phi) is 6.41. The second-order valence-electron chi connectivity index (χ2n) is 8.43. The molecule has 0 amide bonds. The maximum Gasteiger partial charge on any atom is 0.240 e. The Morgan fingerprint density at radius 3 is 2.77 bits per heavy atom. The predicted octanol–water partition coefficient (Wildman–Crippen LogP) is 3.13. The Morgan fingerprint density at radius 2 is 2.06 bits per heavy atom. The van der Waals surface area contributed by atoms with Crippen LogP contribution in [0.2, 0.25) is 0 Å². The number of H-pyrrole nitrogens is 1. The summed E-state index contributed by atoms with van der Waals surface area (Å²) in [5.41, 5.74) is 3.50. The molecular formula is C23H27N7O4S. The minimum atomic E-state index is -3.64. The molecule has 0 bridgehead atoms. The lowest BCUT2D eigenvalue weighted by molar-refractivity contribution is 0.139. The number of methoxy groups -OCH3 is 1. The number of hydrogen-bond acceptors (Lipinski definition) is 9. The molecule has 0 radical (unpaired) electrons. The van der Waals surface area contributed by atoms with Gasteiger partial charge in [0.25, 0.3) is 0 Å². The van der Waals surface area contributed by atoms with Crippen molar-refractivity contribution < 1.29 is 17.6 Å². The van der Waals surface area contributed by atoms with E-state index in [1.54, 1.807) is 31.8 Å². The van der Waals surface area contributed by atoms with Gasteiger partial charge in [-0.3, -0.25) is 5.10 Å². The third-order valence-corrected chi connectivity index (χ3v) is 7.72. The third-order valence-electron chi connectivity index (χ3n) is 6.31. The van der Waals surface area contributed by atoms with Gasteiger partial charge in [0.1, 0.15) is 17.8 Å². The van der Waals surface area contributed by atoms with Crippen molar-refractivity contribution in [2.75, 3.05) is 44.1 Å². The molecule has 4 heterocycles. The summed E-state index contributed by atoms with van der Waals surface area (Å²) in [4.78, 5) is 11.2. The summed E-state index contributed by atoms with van der Waals surface area (Å²) in [7, 11) is -0.517. The van der Waals surface area contributed by atoms with Gasteiger partial charge in [-0.1, -0.05) is 0 Å². The van der Waals surface area contributed by atoms with Gasteiger partial charge in [0, 0.05) is 32.4 Å². The van der Waals surface area contributed by atoms with E-state index in [2.05, 4.69) is 35.1 Å². The van der Waals surface area contributed by atoms with Crippen molar-refractivity contribution in [1.29, 1.82) is 0 Å². The number of aromatic amines is 1. The molecule has 1 aliphatic rings. The standard InChI is InChI=1S/C23H27N7O4S/c1-24-35(31,32)17-3-4-19(30-8-5-15(6-9-30)12-33-2)18(11-17)27-22-20-21(16-7-10-34-13-16)28-29-23(20)26-14-25-22/h3-4,7,10-11,13-15,24H,5-6,8-9,12H2,1-2H3,(H2,25,26,27,28,29). The quantitative estimate of drug-likeness (QED) is 0.335. The van der Waals surface area contributed by atoms with Crippen LogP contribution in [0.4, 0.5) is 17.2 Å². The first-order chi connectivity index (χ1) is 17.0. The summed E-state index contributed by atoms with van der Waals surface area (Å²) >= 11 is 0. The summed E-state index contributed by atoms with van der Waals surface area (Å²) in [5, 5.41) is 11.4. The number of hydrogen-bond donors (Lipinski definition) is 3. The molecule has 11 nitrogen and oxygen atoms in total. The van der Waals surface area contributed by atoms with Crippen molar-refractivity contribution in [2.24, 2.45) is 5.92 Å². The van der Waals surface area contributed by atoms with Crippen LogP contribution in [0.1, 0.15) is 12.8 Å². The van der Waals surface area contributed by atoms with Crippen molar-refractivity contribution in [2.45, 2.75) is 17.7 Å². The summed E-state index contributed by atoms with van der Waals surface area (Å²) in [5.74, 6) is 1.02. The number of rotatable bonds is 8. The molecule has 1 aromatic carbocycles. The summed E-state index contributed by atoms with van der Waals surface area (Å²) in [6.07, 6.45) is 6.60. The molecule has 5 rings (SSSR count). The number of furan rings is 1. The van der Waals surface area contributed by atoms with Crippen LogP contribution in [-0.2, 0) is 14.8 Å². The highest BCUT2D eigenvalue weighted by molar-refractivity contribution is 7.89. The Morgan fingerprint density at radius 1 is 1.23 bits per heavy atom. The maximum atomic E-state index is 12.6. The molecule has 4 aromatic rings. The van der Waals surface area contributed by atoms with Crippen LogP contribution in [0.5, 0.6) is 0 Å². The minimum absolute atomic E-state index is 0.160. The van der Waals surface area contributed by atoms with E-state index in [1.807, 2.05) is 12.1 Å². The Bertz CT molecular complexity index is 1410. The zero-order chi connectivity index (χ0) is 24.4. The number of piperidine rings is 1. The van der Waals surface area contributed by atoms with Gasteiger partial charge in [-0.05, 0) is 50.1 Å². The normalized spacial score (nSPS) is 15.1. The van der Waals surface area contributed by atoms with Crippen LogP contribution in [0, 0.1) is 5.92 Å². The number of nitrogens with one attached hydrogen (secondary N) is 3. The molecule has 1 saturated heterocycles. The number of aromatic nitrogens is 4. The van der Waals surface area contributed by atoms with E-state index in [1.165, 1.54) is 13.4 Å². The second kappa shape index (κ2) is 9.64. The highest BCUT2D eigenvalue weighted by Crippen LogP contribution is 2.37. The molecule has 0 saturated carbocycles. The predicted molar refractivity (Wildman–Crippen MR) is 132 cm³/mol. The Labute approximate surface area is 203 Å². The fraction of sp³-hybridized carbons (Fsp3) is 0.348. The number of sulfonamides is 1. The molecule has 3 N–H and O–H groups in total. The number of benzene rings is 1. The summed E-state index contributed by atoms with van der Waals surface area (Å²) < 4.78 is 38.1. The van der Waals surface area contributed by atoms with Crippen molar-refractivity contribution in [3.05, 3.63) is 43.1 Å². The topological polar surface area (TPSA) is 138 Å². The van der Waals surface area contributed by atoms with E-state index in [0.717, 1.165) is 43.8 Å². The highest BCUT2D eigenvalue weighted by Gasteiger charge is 2.24. The van der Waals surface area contributed by atoms with Crippen molar-refractivity contribution in [3.8, 4) is 11.3 Å². The first-order valence-electron chi connectivity index (χ1n) is 11.3. The zero-order valence-corrected chi connectivity index (χ0v) is 20.3. The second-order valence-corrected chi connectivity index (χ2v) is 10.3. The molecule has 0 atom stereocenters. The molecule has 12 heteroatoms. The minimum Gasteiger partial charge on any atom is -0.472 e. The summed E-state index contributed by atoms with van der Waals surface area (Å²) in [6, 6.07) is 6.90. The Hall–Kier alpha value is -3.48. The average molecular weight is 498 g/mol. The third kappa shape index (κ3) is 4.59. The van der Waals surface area contributed by atoms with Gasteiger partial charge in [0.05, 0.1) is 34.2 Å². The monoisotopic (exact) mass is 497 g/mol. The van der Waals surface area contributed by atoms with Crippen LogP contribution < -0.4 is 14.9 Å². The first-order valence-corrected chi connectivity index (χ1v) is 12.8. The molecular weight excluding hydrogens is 470 g/mol. The van der Waals surface area contributed by atoms with Gasteiger partial charge in [0.15, 0.2) is 5.65 Å². The number of nitrogens with zero attached hydrogens (tertiary/aromatic N) is 4. The molecule has 0 spiro atoms. The highest BCUT2D eigenvalue weighted by atomic mass is 32.2. The van der Waals surface area contributed by atoms with E-state index >= 15 is 0 Å². The lowest BCUT2D eigenvalue weighted by Crippen LogP contribution is -2.35. The van der Waals surface area contributed by atoms with E-state index < -0.39 is 10.0 Å². The number of ether oxygens (including phenoxy) is 1. The van der Waals surface area contributed by atoms with Gasteiger partial charge in [0.2, 0.25) is 10.0 Å². The molecule has 3 aromatic heterocycles. The molecule has 0 aliphatic carbocycles.